The Morgan fingerprint density at radius 2 is 2.05 bits per heavy atom. The van der Waals surface area contributed by atoms with Crippen molar-refractivity contribution in [1.82, 2.24) is 0 Å². The molecule has 1 N–H and O–H groups in total. The quantitative estimate of drug-likeness (QED) is 0.452. The van der Waals surface area contributed by atoms with E-state index in [2.05, 4.69) is 19.2 Å². The fraction of sp³-hybridized carbons (Fsp3) is 0.412. The van der Waals surface area contributed by atoms with Gasteiger partial charge in [-0.1, -0.05) is 13.8 Å². The fourth-order valence-electron chi connectivity index (χ4n) is 1.56. The van der Waals surface area contributed by atoms with Crippen molar-refractivity contribution in [3.63, 3.8) is 0 Å². The van der Waals surface area contributed by atoms with E-state index in [0.29, 0.717) is 12.5 Å². The Hall–Kier alpha value is -2.48. The van der Waals surface area contributed by atoms with Crippen molar-refractivity contribution >= 4 is 11.7 Å². The molecular formula is C17H22N2O3. The van der Waals surface area contributed by atoms with Crippen LogP contribution in [0.2, 0.25) is 0 Å². The molecule has 0 spiro atoms. The average molecular weight is 302 g/mol. The lowest BCUT2D eigenvalue weighted by Gasteiger charge is -2.09. The highest BCUT2D eigenvalue weighted by molar-refractivity contribution is 5.93. The van der Waals surface area contributed by atoms with Gasteiger partial charge in [0.2, 0.25) is 0 Å². The molecule has 0 aliphatic heterocycles. The summed E-state index contributed by atoms with van der Waals surface area (Å²) >= 11 is 0. The number of esters is 1. The van der Waals surface area contributed by atoms with Gasteiger partial charge in [-0.3, -0.25) is 0 Å². The number of nitrogens with zero attached hydrogens (tertiary/aromatic N) is 1. The molecule has 1 rings (SSSR count). The average Bonchev–Trinajstić information content (AvgIpc) is 2.49. The summed E-state index contributed by atoms with van der Waals surface area (Å²) in [4.78, 5) is 11.4. The molecule has 5 heteroatoms. The van der Waals surface area contributed by atoms with Crippen LogP contribution < -0.4 is 10.1 Å². The van der Waals surface area contributed by atoms with Gasteiger partial charge in [0, 0.05) is 11.9 Å². The predicted molar refractivity (Wildman–Crippen MR) is 85.3 cm³/mol. The van der Waals surface area contributed by atoms with Crippen molar-refractivity contribution in [2.45, 2.75) is 27.2 Å². The van der Waals surface area contributed by atoms with E-state index in [1.807, 2.05) is 24.3 Å². The van der Waals surface area contributed by atoms with E-state index < -0.39 is 5.97 Å². The Kier molecular flexibility index (Phi) is 7.55. The summed E-state index contributed by atoms with van der Waals surface area (Å²) in [5.74, 6) is 0.769. The maximum atomic E-state index is 11.4. The van der Waals surface area contributed by atoms with Crippen LogP contribution in [0.1, 0.15) is 27.2 Å². The van der Waals surface area contributed by atoms with Gasteiger partial charge in [-0.15, -0.1) is 0 Å². The molecule has 0 aromatic heterocycles. The zero-order valence-electron chi connectivity index (χ0n) is 13.3. The summed E-state index contributed by atoms with van der Waals surface area (Å²) in [6.45, 7) is 6.92. The topological polar surface area (TPSA) is 71.4 Å². The highest BCUT2D eigenvalue weighted by Crippen LogP contribution is 2.16. The van der Waals surface area contributed by atoms with E-state index in [1.165, 1.54) is 6.20 Å². The summed E-state index contributed by atoms with van der Waals surface area (Å²) in [6, 6.07) is 9.13. The Labute approximate surface area is 131 Å². The normalized spacial score (nSPS) is 11.0. The molecule has 0 radical (unpaired) electrons. The van der Waals surface area contributed by atoms with Crippen LogP contribution in [0.5, 0.6) is 5.75 Å². The molecule has 0 bridgehead atoms. The molecule has 0 saturated heterocycles. The first-order chi connectivity index (χ1) is 10.6. The Morgan fingerprint density at radius 3 is 2.59 bits per heavy atom. The van der Waals surface area contributed by atoms with Gasteiger partial charge in [0.15, 0.2) is 5.57 Å². The molecule has 0 fully saturated rings. The van der Waals surface area contributed by atoms with Crippen LogP contribution in [0.4, 0.5) is 5.69 Å². The molecule has 22 heavy (non-hydrogen) atoms. The molecule has 0 heterocycles. The second-order valence-corrected chi connectivity index (χ2v) is 5.09. The zero-order chi connectivity index (χ0) is 16.4. The van der Waals surface area contributed by atoms with E-state index in [1.54, 1.807) is 13.0 Å². The third-order valence-electron chi connectivity index (χ3n) is 2.82. The fourth-order valence-corrected chi connectivity index (χ4v) is 1.56. The lowest BCUT2D eigenvalue weighted by molar-refractivity contribution is -0.138. The minimum atomic E-state index is -0.633. The number of carbonyl (C=O) groups is 1. The lowest BCUT2D eigenvalue weighted by atomic mass is 10.1. The number of benzene rings is 1. The maximum absolute atomic E-state index is 11.4. The van der Waals surface area contributed by atoms with E-state index >= 15 is 0 Å². The van der Waals surface area contributed by atoms with E-state index in [9.17, 15) is 4.79 Å². The van der Waals surface area contributed by atoms with Gasteiger partial charge in [-0.25, -0.2) is 4.79 Å². The molecule has 5 nitrogen and oxygen atoms in total. The molecule has 1 aromatic rings. The Balaban J connectivity index is 2.56. The van der Waals surface area contributed by atoms with Gasteiger partial charge in [0.1, 0.15) is 11.8 Å². The van der Waals surface area contributed by atoms with Gasteiger partial charge >= 0.3 is 5.97 Å². The minimum Gasteiger partial charge on any atom is -0.494 e. The van der Waals surface area contributed by atoms with Crippen molar-refractivity contribution in [3.8, 4) is 11.8 Å². The number of ether oxygens (including phenoxy) is 2. The molecule has 0 aliphatic carbocycles. The van der Waals surface area contributed by atoms with E-state index in [4.69, 9.17) is 14.7 Å². The zero-order valence-corrected chi connectivity index (χ0v) is 13.3. The number of hydrogen-bond acceptors (Lipinski definition) is 5. The van der Waals surface area contributed by atoms with Crippen LogP contribution in [-0.2, 0) is 9.53 Å². The summed E-state index contributed by atoms with van der Waals surface area (Å²) in [5.41, 5.74) is 0.687. The first-order valence-electron chi connectivity index (χ1n) is 7.33. The first kappa shape index (κ1) is 17.6. The second-order valence-electron chi connectivity index (χ2n) is 5.09. The van der Waals surface area contributed by atoms with Gasteiger partial charge in [0.05, 0.1) is 13.2 Å². The number of nitrogens with one attached hydrogen (secondary N) is 1. The molecule has 0 atom stereocenters. The number of nitriles is 1. The molecule has 0 unspecified atom stereocenters. The SMILES string of the molecule is CCOC(=O)/C(C#N)=C/Nc1ccc(OCCC(C)C)cc1. The smallest absolute Gasteiger partial charge is 0.350 e. The van der Waals surface area contributed by atoms with E-state index in [0.717, 1.165) is 17.9 Å². The van der Waals surface area contributed by atoms with Crippen LogP contribution in [-0.4, -0.2) is 19.2 Å². The molecule has 118 valence electrons. The monoisotopic (exact) mass is 302 g/mol. The summed E-state index contributed by atoms with van der Waals surface area (Å²) < 4.78 is 10.4. The predicted octanol–water partition coefficient (Wildman–Crippen LogP) is 3.49. The summed E-state index contributed by atoms with van der Waals surface area (Å²) in [6.07, 6.45) is 2.35. The lowest BCUT2D eigenvalue weighted by Crippen LogP contribution is -2.07. The van der Waals surface area contributed by atoms with E-state index in [-0.39, 0.29) is 12.2 Å². The largest absolute Gasteiger partial charge is 0.494 e. The van der Waals surface area contributed by atoms with Crippen LogP contribution >= 0.6 is 0 Å². The minimum absolute atomic E-state index is 0.0703. The van der Waals surface area contributed by atoms with Crippen molar-refractivity contribution in [2.24, 2.45) is 5.92 Å². The highest BCUT2D eigenvalue weighted by Gasteiger charge is 2.08. The Bertz CT molecular complexity index is 542. The van der Waals surface area contributed by atoms with Crippen molar-refractivity contribution < 1.29 is 14.3 Å². The second kappa shape index (κ2) is 9.46. The number of carbonyl (C=O) groups excluding carboxylic acids is 1. The molecule has 1 aromatic carbocycles. The van der Waals surface area contributed by atoms with Crippen molar-refractivity contribution in [1.29, 1.82) is 5.26 Å². The van der Waals surface area contributed by atoms with Gasteiger partial charge in [-0.2, -0.15) is 5.26 Å². The van der Waals surface area contributed by atoms with Crippen molar-refractivity contribution in [2.75, 3.05) is 18.5 Å². The summed E-state index contributed by atoms with van der Waals surface area (Å²) in [7, 11) is 0. The number of anilines is 1. The van der Waals surface area contributed by atoms with Crippen LogP contribution in [0.3, 0.4) is 0 Å². The molecular weight excluding hydrogens is 280 g/mol. The number of hydrogen-bond donors (Lipinski definition) is 1. The molecule has 0 aliphatic rings. The van der Waals surface area contributed by atoms with Gasteiger partial charge in [-0.05, 0) is 43.5 Å². The van der Waals surface area contributed by atoms with Gasteiger partial charge < -0.3 is 14.8 Å². The third-order valence-corrected chi connectivity index (χ3v) is 2.82. The standard InChI is InChI=1S/C17H22N2O3/c1-4-21-17(20)14(11-18)12-19-15-5-7-16(8-6-15)22-10-9-13(2)3/h5-8,12-13,19H,4,9-10H2,1-3H3/b14-12+. The van der Waals surface area contributed by atoms with Crippen LogP contribution in [0.25, 0.3) is 0 Å². The molecule has 0 amide bonds. The first-order valence-corrected chi connectivity index (χ1v) is 7.33. The maximum Gasteiger partial charge on any atom is 0.350 e. The summed E-state index contributed by atoms with van der Waals surface area (Å²) in [5, 5.41) is 11.8. The van der Waals surface area contributed by atoms with Crippen molar-refractivity contribution in [3.05, 3.63) is 36.0 Å². The Morgan fingerprint density at radius 1 is 1.36 bits per heavy atom. The van der Waals surface area contributed by atoms with Crippen LogP contribution in [0.15, 0.2) is 36.0 Å². The third kappa shape index (κ3) is 6.31. The van der Waals surface area contributed by atoms with Gasteiger partial charge in [0.25, 0.3) is 0 Å². The molecule has 0 saturated carbocycles. The number of rotatable bonds is 8. The van der Waals surface area contributed by atoms with Crippen LogP contribution in [0, 0.1) is 17.2 Å². The highest BCUT2D eigenvalue weighted by atomic mass is 16.5.